The molecule has 1 aliphatic carbocycles. The molecule has 1 atom stereocenters. The molecule has 0 radical (unpaired) electrons. The summed E-state index contributed by atoms with van der Waals surface area (Å²) in [5.74, 6) is 0.438. The van der Waals surface area contributed by atoms with Gasteiger partial charge in [-0.3, -0.25) is 0 Å². The second-order valence-corrected chi connectivity index (χ2v) is 17.0. The summed E-state index contributed by atoms with van der Waals surface area (Å²) in [5, 5.41) is 4.97. The van der Waals surface area contributed by atoms with E-state index in [0.29, 0.717) is 5.92 Å². The van der Waals surface area contributed by atoms with Crippen molar-refractivity contribution in [1.29, 1.82) is 0 Å². The Labute approximate surface area is 379 Å². The van der Waals surface area contributed by atoms with Crippen LogP contribution in [-0.2, 0) is 0 Å². The van der Waals surface area contributed by atoms with Crippen molar-refractivity contribution in [3.05, 3.63) is 243 Å². The average molecular weight is 835 g/mol. The Morgan fingerprint density at radius 1 is 0.369 bits per heavy atom. The number of allylic oxidation sites excluding steroid dienone is 4. The van der Waals surface area contributed by atoms with Crippen molar-refractivity contribution in [1.82, 2.24) is 9.13 Å². The zero-order chi connectivity index (χ0) is 43.3. The lowest BCUT2D eigenvalue weighted by Gasteiger charge is -2.26. The third kappa shape index (κ3) is 6.70. The molecule has 0 amide bonds. The van der Waals surface area contributed by atoms with Crippen LogP contribution in [0.5, 0.6) is 0 Å². The van der Waals surface area contributed by atoms with Crippen LogP contribution in [0.3, 0.4) is 0 Å². The van der Waals surface area contributed by atoms with E-state index in [1.54, 1.807) is 0 Å². The monoisotopic (exact) mass is 834 g/mol. The maximum Gasteiger partial charge on any atom is 0.0542 e. The van der Waals surface area contributed by atoms with E-state index in [0.717, 1.165) is 57.4 Å². The van der Waals surface area contributed by atoms with E-state index in [-0.39, 0.29) is 0 Å². The van der Waals surface area contributed by atoms with E-state index in [2.05, 4.69) is 269 Å². The molecule has 1 unspecified atom stereocenters. The molecule has 1 aliphatic rings. The fraction of sp³-hybridized carbons (Fsp3) is 0.0492. The number of benzene rings is 9. The zero-order valence-corrected chi connectivity index (χ0v) is 36.2. The Hall–Kier alpha value is -8.34. The normalized spacial score (nSPS) is 13.7. The molecule has 0 spiro atoms. The van der Waals surface area contributed by atoms with Gasteiger partial charge < -0.3 is 18.9 Å². The van der Waals surface area contributed by atoms with Gasteiger partial charge in [0.15, 0.2) is 0 Å². The number of rotatable bonds is 9. The maximum atomic E-state index is 2.47. The molecule has 0 saturated heterocycles. The highest BCUT2D eigenvalue weighted by molar-refractivity contribution is 6.12. The van der Waals surface area contributed by atoms with Gasteiger partial charge in [-0.15, -0.1) is 0 Å². The number of anilines is 6. The summed E-state index contributed by atoms with van der Waals surface area (Å²) >= 11 is 0. The summed E-state index contributed by atoms with van der Waals surface area (Å²) in [6, 6.07) is 81.4. The second kappa shape index (κ2) is 16.1. The molecule has 9 aromatic carbocycles. The minimum absolute atomic E-state index is 0.438. The van der Waals surface area contributed by atoms with Crippen molar-refractivity contribution in [3.63, 3.8) is 0 Å². The number of para-hydroxylation sites is 5. The first-order valence-electron chi connectivity index (χ1n) is 22.6. The third-order valence-corrected chi connectivity index (χ3v) is 13.1. The molecule has 0 fully saturated rings. The van der Waals surface area contributed by atoms with E-state index in [9.17, 15) is 0 Å². The van der Waals surface area contributed by atoms with E-state index < -0.39 is 0 Å². The molecule has 310 valence electrons. The Kier molecular flexibility index (Phi) is 9.49. The van der Waals surface area contributed by atoms with E-state index >= 15 is 0 Å². The summed E-state index contributed by atoms with van der Waals surface area (Å²) in [6.07, 6.45) is 7.80. The van der Waals surface area contributed by atoms with Crippen LogP contribution >= 0.6 is 0 Å². The highest BCUT2D eigenvalue weighted by atomic mass is 15.1. The van der Waals surface area contributed by atoms with Gasteiger partial charge >= 0.3 is 0 Å². The summed E-state index contributed by atoms with van der Waals surface area (Å²) in [6.45, 7) is 2.33. The van der Waals surface area contributed by atoms with Gasteiger partial charge in [0.2, 0.25) is 0 Å². The molecule has 2 heterocycles. The van der Waals surface area contributed by atoms with Crippen molar-refractivity contribution in [2.45, 2.75) is 13.3 Å². The zero-order valence-electron chi connectivity index (χ0n) is 36.2. The van der Waals surface area contributed by atoms with Gasteiger partial charge in [-0.1, -0.05) is 134 Å². The van der Waals surface area contributed by atoms with Crippen LogP contribution in [0, 0.1) is 5.92 Å². The van der Waals surface area contributed by atoms with Gasteiger partial charge in [0, 0.05) is 73.0 Å². The number of aromatic nitrogens is 2. The molecular weight excluding hydrogens is 789 g/mol. The van der Waals surface area contributed by atoms with Crippen molar-refractivity contribution in [2.75, 3.05) is 9.80 Å². The SMILES string of the molecule is CC1CC=CC=C1n1c2ccccc2c2cc(N(c3ccccc3)c3ccc(-c4ccc(N(c5ccccc5)c5ccc6c(c5)c5ccccc5n6-c5ccccc5)cc4)cc3)ccc21. The number of hydrogen-bond donors (Lipinski definition) is 0. The molecule has 65 heavy (non-hydrogen) atoms. The smallest absolute Gasteiger partial charge is 0.0542 e. The molecule has 2 aromatic heterocycles. The summed E-state index contributed by atoms with van der Waals surface area (Å²) in [4.78, 5) is 4.73. The van der Waals surface area contributed by atoms with Crippen molar-refractivity contribution in [3.8, 4) is 16.8 Å². The van der Waals surface area contributed by atoms with Crippen LogP contribution < -0.4 is 9.80 Å². The predicted octanol–water partition coefficient (Wildman–Crippen LogP) is 16.9. The quantitative estimate of drug-likeness (QED) is 0.144. The fourth-order valence-electron chi connectivity index (χ4n) is 10.0. The van der Waals surface area contributed by atoms with Gasteiger partial charge in [0.05, 0.1) is 22.1 Å². The average Bonchev–Trinajstić information content (AvgIpc) is 3.88. The largest absolute Gasteiger partial charge is 0.313 e. The minimum atomic E-state index is 0.438. The topological polar surface area (TPSA) is 16.3 Å². The molecule has 4 heteroatoms. The molecule has 0 aliphatic heterocycles. The number of fused-ring (bicyclic) bond motifs is 6. The van der Waals surface area contributed by atoms with E-state index in [1.807, 2.05) is 0 Å². The van der Waals surface area contributed by atoms with Crippen LogP contribution in [0.1, 0.15) is 13.3 Å². The standard InChI is InChI=1S/C61H46N4/c1-43-17-11-14-26-57(43)65-59-28-16-13-25-54(59)56-42-52(38-40-61(56)65)63(47-20-7-3-8-21-47)50-35-31-45(32-36-50)44-29-33-49(34-30-44)62(46-18-5-2-6-19-46)51-37-39-60-55(41-51)53-24-12-15-27-58(53)64(60)48-22-9-4-10-23-48/h2-16,18-43H,17H2,1H3. The van der Waals surface area contributed by atoms with Crippen LogP contribution in [0.25, 0.3) is 66.1 Å². The number of nitrogens with zero attached hydrogens (tertiary/aromatic N) is 4. The molecule has 4 nitrogen and oxygen atoms in total. The van der Waals surface area contributed by atoms with Crippen molar-refractivity contribution >= 4 is 83.4 Å². The first-order chi connectivity index (χ1) is 32.2. The van der Waals surface area contributed by atoms with Gasteiger partial charge in [-0.2, -0.15) is 0 Å². The van der Waals surface area contributed by atoms with Gasteiger partial charge in [0.1, 0.15) is 0 Å². The first-order valence-corrected chi connectivity index (χ1v) is 22.6. The molecule has 12 rings (SSSR count). The van der Waals surface area contributed by atoms with Gasteiger partial charge in [0.25, 0.3) is 0 Å². The second-order valence-electron chi connectivity index (χ2n) is 17.0. The Bertz CT molecular complexity index is 3560. The van der Waals surface area contributed by atoms with Crippen LogP contribution in [-0.4, -0.2) is 9.13 Å². The summed E-state index contributed by atoms with van der Waals surface area (Å²) < 4.78 is 4.84. The van der Waals surface area contributed by atoms with Crippen molar-refractivity contribution in [2.24, 2.45) is 5.92 Å². The summed E-state index contributed by atoms with van der Waals surface area (Å²) in [7, 11) is 0. The Balaban J connectivity index is 0.900. The van der Waals surface area contributed by atoms with Crippen LogP contribution in [0.15, 0.2) is 243 Å². The fourth-order valence-corrected chi connectivity index (χ4v) is 10.0. The van der Waals surface area contributed by atoms with E-state index in [1.165, 1.54) is 49.3 Å². The first kappa shape index (κ1) is 38.3. The number of hydrogen-bond acceptors (Lipinski definition) is 2. The Morgan fingerprint density at radius 3 is 1.28 bits per heavy atom. The van der Waals surface area contributed by atoms with E-state index in [4.69, 9.17) is 0 Å². The third-order valence-electron chi connectivity index (χ3n) is 13.1. The highest BCUT2D eigenvalue weighted by Crippen LogP contribution is 2.43. The molecule has 0 bridgehead atoms. The predicted molar refractivity (Wildman–Crippen MR) is 276 cm³/mol. The lowest BCUT2D eigenvalue weighted by molar-refractivity contribution is 0.725. The highest BCUT2D eigenvalue weighted by Gasteiger charge is 2.22. The van der Waals surface area contributed by atoms with Crippen LogP contribution in [0.4, 0.5) is 34.1 Å². The Morgan fingerprint density at radius 2 is 0.769 bits per heavy atom. The summed E-state index contributed by atoms with van der Waals surface area (Å²) in [5.41, 5.74) is 16.3. The lowest BCUT2D eigenvalue weighted by atomic mass is 9.98. The lowest BCUT2D eigenvalue weighted by Crippen LogP contribution is -2.10. The molecule has 0 saturated carbocycles. The molecular formula is C61H46N4. The minimum Gasteiger partial charge on any atom is -0.313 e. The molecule has 0 N–H and O–H groups in total. The van der Waals surface area contributed by atoms with Crippen LogP contribution in [0.2, 0.25) is 0 Å². The maximum absolute atomic E-state index is 2.47. The van der Waals surface area contributed by atoms with Gasteiger partial charge in [-0.25, -0.2) is 0 Å². The molecule has 11 aromatic rings. The van der Waals surface area contributed by atoms with Crippen molar-refractivity contribution < 1.29 is 0 Å². The van der Waals surface area contributed by atoms with Gasteiger partial charge in [-0.05, 0) is 133 Å².